The minimum Gasteiger partial charge on any atom is -0.208 e. The summed E-state index contributed by atoms with van der Waals surface area (Å²) < 4.78 is 0. The van der Waals surface area contributed by atoms with Gasteiger partial charge in [0, 0.05) is 22.1 Å². The van der Waals surface area contributed by atoms with Gasteiger partial charge in [0.2, 0.25) is 0 Å². The van der Waals surface area contributed by atoms with E-state index in [9.17, 15) is 0 Å². The summed E-state index contributed by atoms with van der Waals surface area (Å²) >= 11 is 0. The molecule has 53 heavy (non-hydrogen) atoms. The van der Waals surface area contributed by atoms with Gasteiger partial charge in [-0.05, 0) is 90.3 Å². The van der Waals surface area contributed by atoms with Gasteiger partial charge >= 0.3 is 0 Å². The Morgan fingerprint density at radius 1 is 0.321 bits per heavy atom. The Morgan fingerprint density at radius 2 is 0.887 bits per heavy atom. The van der Waals surface area contributed by atoms with E-state index in [-0.39, 0.29) is 5.41 Å². The summed E-state index contributed by atoms with van der Waals surface area (Å²) in [7, 11) is 0. The van der Waals surface area contributed by atoms with E-state index in [1.807, 2.05) is 36.4 Å². The summed E-state index contributed by atoms with van der Waals surface area (Å²) in [6.07, 6.45) is 0. The fraction of sp³-hybridized carbons (Fsp3) is 0.0600. The highest BCUT2D eigenvalue weighted by atomic mass is 15.0. The van der Waals surface area contributed by atoms with Gasteiger partial charge in [0.15, 0.2) is 17.5 Å². The molecule has 0 atom stereocenters. The van der Waals surface area contributed by atoms with Crippen molar-refractivity contribution in [2.75, 3.05) is 0 Å². The van der Waals surface area contributed by atoms with E-state index in [0.29, 0.717) is 17.5 Å². The van der Waals surface area contributed by atoms with E-state index < -0.39 is 0 Å². The first-order chi connectivity index (χ1) is 26.0. The molecule has 0 aliphatic heterocycles. The average Bonchev–Trinajstić information content (AvgIpc) is 3.45. The van der Waals surface area contributed by atoms with Crippen LogP contribution >= 0.6 is 0 Å². The Bertz CT molecular complexity index is 2800. The summed E-state index contributed by atoms with van der Waals surface area (Å²) in [5.41, 5.74) is 12.9. The number of rotatable bonds is 5. The lowest BCUT2D eigenvalue weighted by molar-refractivity contribution is 0.660. The van der Waals surface area contributed by atoms with Gasteiger partial charge in [-0.15, -0.1) is 0 Å². The third-order valence-electron chi connectivity index (χ3n) is 10.9. The van der Waals surface area contributed by atoms with Crippen LogP contribution in [0.2, 0.25) is 0 Å². The Kier molecular flexibility index (Phi) is 7.16. The van der Waals surface area contributed by atoms with Gasteiger partial charge < -0.3 is 0 Å². The largest absolute Gasteiger partial charge is 0.208 e. The van der Waals surface area contributed by atoms with Crippen molar-refractivity contribution in [1.82, 2.24) is 15.0 Å². The molecular weight excluding hydrogens is 643 g/mol. The first kappa shape index (κ1) is 31.1. The Hall–Kier alpha value is -6.71. The van der Waals surface area contributed by atoms with Crippen LogP contribution in [0.4, 0.5) is 0 Å². The Morgan fingerprint density at radius 3 is 1.60 bits per heavy atom. The highest BCUT2D eigenvalue weighted by Crippen LogP contribution is 2.52. The molecule has 1 aromatic heterocycles. The van der Waals surface area contributed by atoms with Crippen LogP contribution in [0.1, 0.15) is 25.0 Å². The van der Waals surface area contributed by atoms with Crippen molar-refractivity contribution in [1.29, 1.82) is 0 Å². The third kappa shape index (κ3) is 5.16. The maximum absolute atomic E-state index is 5.11. The molecular formula is C50H35N3. The maximum atomic E-state index is 5.11. The zero-order valence-electron chi connectivity index (χ0n) is 29.6. The maximum Gasteiger partial charge on any atom is 0.164 e. The molecule has 0 amide bonds. The predicted molar refractivity (Wildman–Crippen MR) is 220 cm³/mol. The van der Waals surface area contributed by atoms with E-state index in [1.54, 1.807) is 0 Å². The van der Waals surface area contributed by atoms with Crippen LogP contribution in [0.15, 0.2) is 176 Å². The molecule has 3 nitrogen and oxygen atoms in total. The highest BCUT2D eigenvalue weighted by Gasteiger charge is 2.36. The van der Waals surface area contributed by atoms with Crippen molar-refractivity contribution in [3.8, 4) is 67.5 Å². The first-order valence-corrected chi connectivity index (χ1v) is 18.2. The molecule has 0 unspecified atom stereocenters. The molecule has 1 aliphatic rings. The summed E-state index contributed by atoms with van der Waals surface area (Å²) in [6.45, 7) is 4.71. The SMILES string of the molecule is CC1(C)c2ccccc2-c2cc(-c3ccc4ccccc4c3)c(-c3ccc(-c4nc(-c5ccccc5)nc(-c5ccccc5)n4)c4ccccc34)cc21. The quantitative estimate of drug-likeness (QED) is 0.182. The standard InChI is InChI=1S/C50H35N3/c1-50(2)45-24-14-13-23-40(45)44-30-42(36-26-25-32-15-9-10-20-35(32)29-36)43(31-46(44)50)39-27-28-41(38-22-12-11-21-37(38)39)49-52-47(33-16-5-3-6-17-33)51-48(53-49)34-18-7-4-8-19-34/h3-31H,1-2H3. The molecule has 0 saturated heterocycles. The zero-order chi connectivity index (χ0) is 35.5. The van der Waals surface area contributed by atoms with Crippen LogP contribution in [0.3, 0.4) is 0 Å². The van der Waals surface area contributed by atoms with Gasteiger partial charge in [0.05, 0.1) is 0 Å². The van der Waals surface area contributed by atoms with Crippen molar-refractivity contribution in [2.45, 2.75) is 19.3 Å². The minimum atomic E-state index is -0.134. The fourth-order valence-corrected chi connectivity index (χ4v) is 8.22. The van der Waals surface area contributed by atoms with Crippen LogP contribution in [0.25, 0.3) is 89.1 Å². The lowest BCUT2D eigenvalue weighted by Crippen LogP contribution is -2.15. The topological polar surface area (TPSA) is 38.7 Å². The van der Waals surface area contributed by atoms with Crippen LogP contribution in [-0.4, -0.2) is 15.0 Å². The van der Waals surface area contributed by atoms with E-state index in [4.69, 9.17) is 15.0 Å². The van der Waals surface area contributed by atoms with Gasteiger partial charge in [-0.1, -0.05) is 166 Å². The molecule has 10 rings (SSSR count). The molecule has 0 bridgehead atoms. The summed E-state index contributed by atoms with van der Waals surface area (Å²) in [6, 6.07) is 62.8. The molecule has 0 fully saturated rings. The highest BCUT2D eigenvalue weighted by molar-refractivity contribution is 6.07. The van der Waals surface area contributed by atoms with Gasteiger partial charge in [0.1, 0.15) is 0 Å². The number of nitrogens with zero attached hydrogens (tertiary/aromatic N) is 3. The van der Waals surface area contributed by atoms with Crippen molar-refractivity contribution < 1.29 is 0 Å². The van der Waals surface area contributed by atoms with Gasteiger partial charge in [0.25, 0.3) is 0 Å². The normalized spacial score (nSPS) is 12.9. The third-order valence-corrected chi connectivity index (χ3v) is 10.9. The summed E-state index contributed by atoms with van der Waals surface area (Å²) in [5, 5.41) is 4.72. The number of benzene rings is 8. The number of fused-ring (bicyclic) bond motifs is 5. The second kappa shape index (κ2) is 12.2. The molecule has 9 aromatic rings. The minimum absolute atomic E-state index is 0.134. The van der Waals surface area contributed by atoms with Crippen LogP contribution < -0.4 is 0 Å². The Balaban J connectivity index is 1.22. The molecule has 1 aliphatic carbocycles. The number of hydrogen-bond acceptors (Lipinski definition) is 3. The molecule has 0 N–H and O–H groups in total. The van der Waals surface area contributed by atoms with E-state index >= 15 is 0 Å². The predicted octanol–water partition coefficient (Wildman–Crippen LogP) is 12.8. The van der Waals surface area contributed by atoms with Gasteiger partial charge in [-0.25, -0.2) is 15.0 Å². The monoisotopic (exact) mass is 677 g/mol. The van der Waals surface area contributed by atoms with Crippen molar-refractivity contribution in [3.63, 3.8) is 0 Å². The average molecular weight is 678 g/mol. The van der Waals surface area contributed by atoms with E-state index in [2.05, 4.69) is 153 Å². The lowest BCUT2D eigenvalue weighted by atomic mass is 9.79. The molecule has 0 spiro atoms. The molecule has 250 valence electrons. The smallest absolute Gasteiger partial charge is 0.164 e. The van der Waals surface area contributed by atoms with Gasteiger partial charge in [-0.3, -0.25) is 0 Å². The van der Waals surface area contributed by atoms with Crippen molar-refractivity contribution in [3.05, 3.63) is 187 Å². The van der Waals surface area contributed by atoms with Gasteiger partial charge in [-0.2, -0.15) is 0 Å². The molecule has 3 heteroatoms. The van der Waals surface area contributed by atoms with Crippen LogP contribution in [-0.2, 0) is 5.41 Å². The van der Waals surface area contributed by atoms with Crippen molar-refractivity contribution in [2.24, 2.45) is 0 Å². The number of hydrogen-bond donors (Lipinski definition) is 0. The van der Waals surface area contributed by atoms with E-state index in [1.165, 1.54) is 55.3 Å². The molecule has 0 radical (unpaired) electrons. The Labute approximate surface area is 309 Å². The first-order valence-electron chi connectivity index (χ1n) is 18.2. The van der Waals surface area contributed by atoms with E-state index in [0.717, 1.165) is 27.5 Å². The summed E-state index contributed by atoms with van der Waals surface area (Å²) in [5.74, 6) is 1.96. The van der Waals surface area contributed by atoms with Crippen LogP contribution in [0.5, 0.6) is 0 Å². The van der Waals surface area contributed by atoms with Crippen molar-refractivity contribution >= 4 is 21.5 Å². The molecule has 1 heterocycles. The number of aromatic nitrogens is 3. The second-order valence-electron chi connectivity index (χ2n) is 14.4. The zero-order valence-corrected chi connectivity index (χ0v) is 29.6. The molecule has 0 saturated carbocycles. The fourth-order valence-electron chi connectivity index (χ4n) is 8.22. The second-order valence-corrected chi connectivity index (χ2v) is 14.4. The molecule has 8 aromatic carbocycles. The van der Waals surface area contributed by atoms with Crippen LogP contribution in [0, 0.1) is 0 Å². The summed E-state index contributed by atoms with van der Waals surface area (Å²) in [4.78, 5) is 15.2. The lowest BCUT2D eigenvalue weighted by Gasteiger charge is -2.24.